The normalized spacial score (nSPS) is 28.7. The average Bonchev–Trinajstić information content (AvgIpc) is 2.89. The highest BCUT2D eigenvalue weighted by molar-refractivity contribution is 5.78. The number of hydrogen-bond acceptors (Lipinski definition) is 2. The first-order chi connectivity index (χ1) is 8.97. The van der Waals surface area contributed by atoms with Crippen molar-refractivity contribution in [3.05, 3.63) is 0 Å². The van der Waals surface area contributed by atoms with E-state index in [0.29, 0.717) is 23.9 Å². The van der Waals surface area contributed by atoms with Crippen LogP contribution in [0.15, 0.2) is 0 Å². The lowest BCUT2D eigenvalue weighted by molar-refractivity contribution is -0.129. The molecule has 2 aliphatic rings. The predicted octanol–water partition coefficient (Wildman–Crippen LogP) is 2.80. The zero-order valence-corrected chi connectivity index (χ0v) is 12.9. The monoisotopic (exact) mass is 266 g/mol. The van der Waals surface area contributed by atoms with Gasteiger partial charge in [0.05, 0.1) is 6.54 Å². The summed E-state index contributed by atoms with van der Waals surface area (Å²) in [4.78, 5) is 14.0. The van der Waals surface area contributed by atoms with Gasteiger partial charge < -0.3 is 10.2 Å². The molecule has 1 saturated heterocycles. The van der Waals surface area contributed by atoms with E-state index in [1.54, 1.807) is 0 Å². The Labute approximate surface area is 118 Å². The minimum Gasteiger partial charge on any atom is -0.342 e. The summed E-state index contributed by atoms with van der Waals surface area (Å²) in [6.07, 6.45) is 7.44. The SMILES string of the molecule is CC(C)(C)C1CCC(NCC(=O)N2CCCC2)CC1. The standard InChI is InChI=1S/C16H30N2O/c1-16(2,3)13-6-8-14(9-7-13)17-12-15(19)18-10-4-5-11-18/h13-14,17H,4-12H2,1-3H3. The molecular formula is C16H30N2O. The van der Waals surface area contributed by atoms with Crippen molar-refractivity contribution in [2.24, 2.45) is 11.3 Å². The molecule has 0 atom stereocenters. The van der Waals surface area contributed by atoms with E-state index in [9.17, 15) is 4.79 Å². The molecule has 0 aromatic carbocycles. The lowest BCUT2D eigenvalue weighted by Gasteiger charge is -2.37. The van der Waals surface area contributed by atoms with Crippen LogP contribution in [0.25, 0.3) is 0 Å². The van der Waals surface area contributed by atoms with Gasteiger partial charge in [0.2, 0.25) is 5.91 Å². The molecule has 0 radical (unpaired) electrons. The van der Waals surface area contributed by atoms with Crippen LogP contribution >= 0.6 is 0 Å². The van der Waals surface area contributed by atoms with Crippen LogP contribution in [-0.4, -0.2) is 36.5 Å². The van der Waals surface area contributed by atoms with Gasteiger partial charge in [0.15, 0.2) is 0 Å². The Hall–Kier alpha value is -0.570. The maximum atomic E-state index is 12.0. The Bertz CT molecular complexity index is 294. The van der Waals surface area contributed by atoms with Crippen LogP contribution in [0.3, 0.4) is 0 Å². The van der Waals surface area contributed by atoms with Crippen molar-refractivity contribution in [1.82, 2.24) is 10.2 Å². The summed E-state index contributed by atoms with van der Waals surface area (Å²) in [5.74, 6) is 1.15. The Morgan fingerprint density at radius 1 is 1.11 bits per heavy atom. The zero-order valence-electron chi connectivity index (χ0n) is 12.9. The summed E-state index contributed by atoms with van der Waals surface area (Å²) in [6, 6.07) is 0.560. The molecule has 0 spiro atoms. The fourth-order valence-corrected chi connectivity index (χ4v) is 3.47. The van der Waals surface area contributed by atoms with Crippen LogP contribution in [0.5, 0.6) is 0 Å². The molecule has 1 N–H and O–H groups in total. The van der Waals surface area contributed by atoms with E-state index in [4.69, 9.17) is 0 Å². The summed E-state index contributed by atoms with van der Waals surface area (Å²) >= 11 is 0. The molecule has 0 aromatic heterocycles. The van der Waals surface area contributed by atoms with Crippen molar-refractivity contribution in [2.45, 2.75) is 65.3 Å². The van der Waals surface area contributed by atoms with Gasteiger partial charge in [-0.2, -0.15) is 0 Å². The second kappa shape index (κ2) is 6.25. The van der Waals surface area contributed by atoms with Crippen LogP contribution in [0.1, 0.15) is 59.3 Å². The number of carbonyl (C=O) groups excluding carboxylic acids is 1. The molecule has 1 heterocycles. The third-order valence-corrected chi connectivity index (χ3v) is 4.95. The summed E-state index contributed by atoms with van der Waals surface area (Å²) < 4.78 is 0. The van der Waals surface area contributed by atoms with Gasteiger partial charge in [-0.3, -0.25) is 4.79 Å². The third-order valence-electron chi connectivity index (χ3n) is 4.95. The van der Waals surface area contributed by atoms with Crippen molar-refractivity contribution >= 4 is 5.91 Å². The lowest BCUT2D eigenvalue weighted by Crippen LogP contribution is -2.42. The molecule has 1 amide bonds. The topological polar surface area (TPSA) is 32.3 Å². The first-order valence-electron chi connectivity index (χ1n) is 7.98. The minimum absolute atomic E-state index is 0.301. The first kappa shape index (κ1) is 14.8. The van der Waals surface area contributed by atoms with Gasteiger partial charge >= 0.3 is 0 Å². The van der Waals surface area contributed by atoms with E-state index in [1.165, 1.54) is 38.5 Å². The summed E-state index contributed by atoms with van der Waals surface area (Å²) in [5.41, 5.74) is 0.441. The molecule has 1 saturated carbocycles. The molecule has 110 valence electrons. The van der Waals surface area contributed by atoms with Gasteiger partial charge in [0, 0.05) is 19.1 Å². The highest BCUT2D eigenvalue weighted by atomic mass is 16.2. The van der Waals surface area contributed by atoms with Crippen LogP contribution in [0.4, 0.5) is 0 Å². The molecule has 19 heavy (non-hydrogen) atoms. The number of hydrogen-bond donors (Lipinski definition) is 1. The van der Waals surface area contributed by atoms with Gasteiger partial charge in [0.25, 0.3) is 0 Å². The van der Waals surface area contributed by atoms with Gasteiger partial charge in [-0.25, -0.2) is 0 Å². The Morgan fingerprint density at radius 3 is 2.21 bits per heavy atom. The first-order valence-corrected chi connectivity index (χ1v) is 7.98. The van der Waals surface area contributed by atoms with Crippen LogP contribution < -0.4 is 5.32 Å². The predicted molar refractivity (Wildman–Crippen MR) is 79.0 cm³/mol. The Balaban J connectivity index is 1.67. The number of likely N-dealkylation sites (tertiary alicyclic amines) is 1. The van der Waals surface area contributed by atoms with Crippen LogP contribution in [0.2, 0.25) is 0 Å². The molecule has 0 unspecified atom stereocenters. The number of carbonyl (C=O) groups is 1. The maximum Gasteiger partial charge on any atom is 0.236 e. The van der Waals surface area contributed by atoms with E-state index in [1.807, 2.05) is 4.90 Å². The summed E-state index contributed by atoms with van der Waals surface area (Å²) in [6.45, 7) is 9.53. The molecule has 2 fully saturated rings. The van der Waals surface area contributed by atoms with Gasteiger partial charge in [-0.05, 0) is 49.9 Å². The van der Waals surface area contributed by atoms with Crippen molar-refractivity contribution in [3.63, 3.8) is 0 Å². The molecular weight excluding hydrogens is 236 g/mol. The molecule has 2 rings (SSSR count). The maximum absolute atomic E-state index is 12.0. The largest absolute Gasteiger partial charge is 0.342 e. The van der Waals surface area contributed by atoms with E-state index >= 15 is 0 Å². The molecule has 0 aromatic rings. The third kappa shape index (κ3) is 4.20. The van der Waals surface area contributed by atoms with E-state index in [2.05, 4.69) is 26.1 Å². The van der Waals surface area contributed by atoms with Crippen molar-refractivity contribution in [2.75, 3.05) is 19.6 Å². The van der Waals surface area contributed by atoms with Gasteiger partial charge in [-0.1, -0.05) is 20.8 Å². The minimum atomic E-state index is 0.301. The lowest BCUT2D eigenvalue weighted by atomic mass is 9.71. The van der Waals surface area contributed by atoms with Crippen molar-refractivity contribution in [3.8, 4) is 0 Å². The number of amides is 1. The van der Waals surface area contributed by atoms with Crippen LogP contribution in [-0.2, 0) is 4.79 Å². The van der Waals surface area contributed by atoms with Gasteiger partial charge in [-0.15, -0.1) is 0 Å². The summed E-state index contributed by atoms with van der Waals surface area (Å²) in [7, 11) is 0. The number of nitrogens with zero attached hydrogens (tertiary/aromatic N) is 1. The highest BCUT2D eigenvalue weighted by Gasteiger charge is 2.29. The van der Waals surface area contributed by atoms with E-state index < -0.39 is 0 Å². The molecule has 3 nitrogen and oxygen atoms in total. The van der Waals surface area contributed by atoms with Crippen molar-refractivity contribution < 1.29 is 4.79 Å². The second-order valence-electron chi connectivity index (χ2n) is 7.38. The average molecular weight is 266 g/mol. The van der Waals surface area contributed by atoms with Crippen LogP contribution in [0, 0.1) is 11.3 Å². The Kier molecular flexibility index (Phi) is 4.88. The second-order valence-corrected chi connectivity index (χ2v) is 7.38. The fraction of sp³-hybridized carbons (Fsp3) is 0.938. The molecule has 1 aliphatic heterocycles. The molecule has 0 bridgehead atoms. The molecule has 3 heteroatoms. The summed E-state index contributed by atoms with van der Waals surface area (Å²) in [5, 5.41) is 3.48. The highest BCUT2D eigenvalue weighted by Crippen LogP contribution is 2.37. The van der Waals surface area contributed by atoms with E-state index in [0.717, 1.165) is 19.0 Å². The smallest absolute Gasteiger partial charge is 0.236 e. The van der Waals surface area contributed by atoms with Gasteiger partial charge in [0.1, 0.15) is 0 Å². The fourth-order valence-electron chi connectivity index (χ4n) is 3.47. The van der Waals surface area contributed by atoms with E-state index in [-0.39, 0.29) is 0 Å². The zero-order chi connectivity index (χ0) is 13.9. The number of nitrogens with one attached hydrogen (secondary N) is 1. The number of rotatable bonds is 3. The molecule has 1 aliphatic carbocycles. The van der Waals surface area contributed by atoms with Crippen molar-refractivity contribution in [1.29, 1.82) is 0 Å². The Morgan fingerprint density at radius 2 is 1.68 bits per heavy atom. The quantitative estimate of drug-likeness (QED) is 0.852.